The van der Waals surface area contributed by atoms with Crippen LogP contribution >= 0.6 is 0 Å². The van der Waals surface area contributed by atoms with Crippen molar-refractivity contribution < 1.29 is 13.2 Å². The first-order chi connectivity index (χ1) is 12.2. The molecule has 0 bridgehead atoms. The second kappa shape index (κ2) is 6.47. The van der Waals surface area contributed by atoms with E-state index in [9.17, 15) is 13.2 Å². The lowest BCUT2D eigenvalue weighted by Crippen LogP contribution is -2.35. The van der Waals surface area contributed by atoms with Crippen molar-refractivity contribution in [2.75, 3.05) is 11.1 Å². The van der Waals surface area contributed by atoms with Gasteiger partial charge < -0.3 is 11.1 Å². The predicted molar refractivity (Wildman–Crippen MR) is 94.1 cm³/mol. The number of nitrogens with two attached hydrogens (primary N) is 1. The number of alkyl halides is 3. The molecule has 3 rings (SSSR count). The van der Waals surface area contributed by atoms with Gasteiger partial charge in [0.25, 0.3) is 0 Å². The van der Waals surface area contributed by atoms with E-state index < -0.39 is 18.1 Å². The van der Waals surface area contributed by atoms with Crippen LogP contribution in [0.1, 0.15) is 19.7 Å². The van der Waals surface area contributed by atoms with Crippen molar-refractivity contribution in [2.45, 2.75) is 33.0 Å². The number of hydrogen-bond donors (Lipinski definition) is 2. The zero-order valence-electron chi connectivity index (χ0n) is 14.5. The van der Waals surface area contributed by atoms with Crippen molar-refractivity contribution in [3.05, 3.63) is 36.2 Å². The van der Waals surface area contributed by atoms with Gasteiger partial charge in [0.15, 0.2) is 0 Å². The lowest BCUT2D eigenvalue weighted by molar-refractivity contribution is -0.172. The standard InChI is InChI=1S/C17H19F3N6/c1-9(17(18,19)20)10(2)22-16-24-14(21)8-15(25-16)26-11(3)23-12-6-4-5-7-13(12)26/h4-10H,1-3H3,(H3,21,22,24,25)/t9?,10-/m0/s1. The van der Waals surface area contributed by atoms with Crippen LogP contribution in [0.2, 0.25) is 0 Å². The third kappa shape index (κ3) is 3.42. The minimum Gasteiger partial charge on any atom is -0.383 e. The van der Waals surface area contributed by atoms with Crippen molar-refractivity contribution in [1.29, 1.82) is 0 Å². The number of nitrogens with zero attached hydrogens (tertiary/aromatic N) is 4. The molecule has 9 heteroatoms. The number of hydrogen-bond acceptors (Lipinski definition) is 5. The van der Waals surface area contributed by atoms with Crippen molar-refractivity contribution in [3.63, 3.8) is 0 Å². The Balaban J connectivity index is 1.99. The molecule has 0 amide bonds. The highest BCUT2D eigenvalue weighted by Crippen LogP contribution is 2.29. The van der Waals surface area contributed by atoms with Crippen molar-refractivity contribution >= 4 is 22.8 Å². The van der Waals surface area contributed by atoms with E-state index in [4.69, 9.17) is 5.73 Å². The van der Waals surface area contributed by atoms with E-state index in [0.717, 1.165) is 18.0 Å². The molecule has 0 aliphatic heterocycles. The zero-order valence-corrected chi connectivity index (χ0v) is 14.5. The second-order valence-corrected chi connectivity index (χ2v) is 6.22. The molecule has 3 N–H and O–H groups in total. The third-order valence-corrected chi connectivity index (χ3v) is 4.31. The maximum absolute atomic E-state index is 12.9. The van der Waals surface area contributed by atoms with Gasteiger partial charge in [0.2, 0.25) is 5.95 Å². The number of rotatable bonds is 4. The van der Waals surface area contributed by atoms with Gasteiger partial charge >= 0.3 is 6.18 Å². The first kappa shape index (κ1) is 18.0. The van der Waals surface area contributed by atoms with Crippen LogP contribution in [0.5, 0.6) is 0 Å². The van der Waals surface area contributed by atoms with Gasteiger partial charge in [-0.15, -0.1) is 0 Å². The molecule has 138 valence electrons. The molecule has 0 aliphatic rings. The number of nitrogen functional groups attached to an aromatic ring is 1. The molecule has 2 atom stereocenters. The van der Waals surface area contributed by atoms with Crippen molar-refractivity contribution in [3.8, 4) is 5.82 Å². The average molecular weight is 364 g/mol. The molecular formula is C17H19F3N6. The number of imidazole rings is 1. The number of benzene rings is 1. The summed E-state index contributed by atoms with van der Waals surface area (Å²) in [6.07, 6.45) is -4.31. The summed E-state index contributed by atoms with van der Waals surface area (Å²) in [5, 5.41) is 2.70. The van der Waals surface area contributed by atoms with Crippen LogP contribution in [0.4, 0.5) is 24.9 Å². The quantitative estimate of drug-likeness (QED) is 0.738. The van der Waals surface area contributed by atoms with Gasteiger partial charge in [-0.3, -0.25) is 4.57 Å². The van der Waals surface area contributed by atoms with Gasteiger partial charge in [-0.2, -0.15) is 23.1 Å². The summed E-state index contributed by atoms with van der Waals surface area (Å²) in [6.45, 7) is 4.36. The number of para-hydroxylation sites is 2. The Hall–Kier alpha value is -2.84. The number of aromatic nitrogens is 4. The minimum atomic E-state index is -4.31. The van der Waals surface area contributed by atoms with Crippen LogP contribution in [0.15, 0.2) is 30.3 Å². The Morgan fingerprint density at radius 1 is 1.12 bits per heavy atom. The van der Waals surface area contributed by atoms with Gasteiger partial charge in [-0.05, 0) is 26.0 Å². The van der Waals surface area contributed by atoms with Crippen molar-refractivity contribution in [1.82, 2.24) is 19.5 Å². The van der Waals surface area contributed by atoms with E-state index in [-0.39, 0.29) is 11.8 Å². The molecule has 2 heterocycles. The van der Waals surface area contributed by atoms with Crippen LogP contribution in [-0.4, -0.2) is 31.7 Å². The fraction of sp³-hybridized carbons (Fsp3) is 0.353. The molecule has 0 radical (unpaired) electrons. The van der Waals surface area contributed by atoms with E-state index in [2.05, 4.69) is 20.3 Å². The third-order valence-electron chi connectivity index (χ3n) is 4.31. The highest BCUT2D eigenvalue weighted by atomic mass is 19.4. The normalized spacial score (nSPS) is 14.4. The SMILES string of the molecule is Cc1nc2ccccc2n1-c1cc(N)nc(N[C@@H](C)C(C)C(F)(F)F)n1. The first-order valence-electron chi connectivity index (χ1n) is 8.09. The molecule has 0 spiro atoms. The molecule has 0 aliphatic carbocycles. The molecule has 3 aromatic rings. The zero-order chi connectivity index (χ0) is 19.1. The summed E-state index contributed by atoms with van der Waals surface area (Å²) in [5.74, 6) is -0.237. The lowest BCUT2D eigenvalue weighted by atomic mass is 10.0. The molecule has 26 heavy (non-hydrogen) atoms. The molecule has 1 aromatic carbocycles. The topological polar surface area (TPSA) is 81.7 Å². The summed E-state index contributed by atoms with van der Waals surface area (Å²) in [4.78, 5) is 12.8. The highest BCUT2D eigenvalue weighted by Gasteiger charge is 2.39. The van der Waals surface area contributed by atoms with Crippen molar-refractivity contribution in [2.24, 2.45) is 5.92 Å². The summed E-state index contributed by atoms with van der Waals surface area (Å²) in [7, 11) is 0. The second-order valence-electron chi connectivity index (χ2n) is 6.22. The Morgan fingerprint density at radius 3 is 2.50 bits per heavy atom. The molecule has 2 aromatic heterocycles. The maximum atomic E-state index is 12.9. The van der Waals surface area contributed by atoms with Gasteiger partial charge in [0.1, 0.15) is 17.5 Å². The van der Waals surface area contributed by atoms with E-state index in [1.165, 1.54) is 6.92 Å². The number of aryl methyl sites for hydroxylation is 1. The highest BCUT2D eigenvalue weighted by molar-refractivity contribution is 5.78. The van der Waals surface area contributed by atoms with Crippen LogP contribution in [0, 0.1) is 12.8 Å². The van der Waals surface area contributed by atoms with Gasteiger partial charge in [0.05, 0.1) is 17.0 Å². The Kier molecular flexibility index (Phi) is 4.47. The smallest absolute Gasteiger partial charge is 0.383 e. The molecule has 6 nitrogen and oxygen atoms in total. The number of fused-ring (bicyclic) bond motifs is 1. The Bertz CT molecular complexity index is 934. The lowest BCUT2D eigenvalue weighted by Gasteiger charge is -2.23. The van der Waals surface area contributed by atoms with Crippen LogP contribution < -0.4 is 11.1 Å². The molecule has 0 fully saturated rings. The van der Waals surface area contributed by atoms with E-state index in [1.54, 1.807) is 10.6 Å². The van der Waals surface area contributed by atoms with Gasteiger partial charge in [0, 0.05) is 12.1 Å². The van der Waals surface area contributed by atoms with E-state index in [1.807, 2.05) is 31.2 Å². The molecule has 0 saturated heterocycles. The largest absolute Gasteiger partial charge is 0.393 e. The fourth-order valence-corrected chi connectivity index (χ4v) is 2.68. The Morgan fingerprint density at radius 2 is 1.81 bits per heavy atom. The minimum absolute atomic E-state index is 0.0424. The number of anilines is 2. The Labute approximate surface area is 148 Å². The molecule has 1 unspecified atom stereocenters. The fourth-order valence-electron chi connectivity index (χ4n) is 2.68. The first-order valence-corrected chi connectivity index (χ1v) is 8.09. The number of halogens is 3. The summed E-state index contributed by atoms with van der Waals surface area (Å²) in [6, 6.07) is 8.15. The molecule has 0 saturated carbocycles. The average Bonchev–Trinajstić information content (AvgIpc) is 2.88. The van der Waals surface area contributed by atoms with E-state index in [0.29, 0.717) is 11.6 Å². The summed E-state index contributed by atoms with van der Waals surface area (Å²) >= 11 is 0. The van der Waals surface area contributed by atoms with Crippen LogP contribution in [-0.2, 0) is 0 Å². The number of nitrogens with one attached hydrogen (secondary N) is 1. The summed E-state index contributed by atoms with van der Waals surface area (Å²) in [5.41, 5.74) is 7.46. The van der Waals surface area contributed by atoms with E-state index >= 15 is 0 Å². The monoisotopic (exact) mass is 364 g/mol. The van der Waals surface area contributed by atoms with Crippen LogP contribution in [0.25, 0.3) is 16.9 Å². The maximum Gasteiger partial charge on any atom is 0.393 e. The summed E-state index contributed by atoms with van der Waals surface area (Å²) < 4.78 is 40.5. The van der Waals surface area contributed by atoms with Gasteiger partial charge in [-0.1, -0.05) is 19.1 Å². The predicted octanol–water partition coefficient (Wildman–Crippen LogP) is 3.70. The van der Waals surface area contributed by atoms with Gasteiger partial charge in [-0.25, -0.2) is 4.98 Å². The molecular weight excluding hydrogens is 345 g/mol. The van der Waals surface area contributed by atoms with Crippen LogP contribution in [0.3, 0.4) is 0 Å².